The van der Waals surface area contributed by atoms with E-state index in [0.717, 1.165) is 22.5 Å². The highest BCUT2D eigenvalue weighted by molar-refractivity contribution is 7.18. The minimum Gasteiger partial charge on any atom is -0.356 e. The lowest BCUT2D eigenvalue weighted by Gasteiger charge is -2.36. The van der Waals surface area contributed by atoms with Crippen molar-refractivity contribution >= 4 is 33.4 Å². The van der Waals surface area contributed by atoms with E-state index < -0.39 is 0 Å². The SMILES string of the molecule is CC(=O)N1CCc2ccccc2C1CC(=O)NCCc1nc2ccccc2s1. The van der Waals surface area contributed by atoms with Crippen molar-refractivity contribution in [1.29, 1.82) is 0 Å². The average Bonchev–Trinajstić information content (AvgIpc) is 3.10. The predicted molar refractivity (Wildman–Crippen MR) is 111 cm³/mol. The van der Waals surface area contributed by atoms with E-state index in [1.807, 2.05) is 41.3 Å². The zero-order valence-corrected chi connectivity index (χ0v) is 16.7. The van der Waals surface area contributed by atoms with Gasteiger partial charge in [-0.15, -0.1) is 11.3 Å². The van der Waals surface area contributed by atoms with Gasteiger partial charge in [0.05, 0.1) is 27.7 Å². The Kier molecular flexibility index (Phi) is 5.39. The molecule has 0 bridgehead atoms. The Hall–Kier alpha value is -2.73. The van der Waals surface area contributed by atoms with Crippen molar-refractivity contribution in [2.24, 2.45) is 0 Å². The van der Waals surface area contributed by atoms with Gasteiger partial charge in [-0.25, -0.2) is 4.98 Å². The second-order valence-electron chi connectivity index (χ2n) is 7.06. The number of nitrogens with one attached hydrogen (secondary N) is 1. The lowest BCUT2D eigenvalue weighted by Crippen LogP contribution is -2.41. The molecular formula is C22H23N3O2S. The van der Waals surface area contributed by atoms with Crippen molar-refractivity contribution in [1.82, 2.24) is 15.2 Å². The number of carbonyl (C=O) groups excluding carboxylic acids is 2. The van der Waals surface area contributed by atoms with E-state index in [1.54, 1.807) is 18.3 Å². The van der Waals surface area contributed by atoms with Crippen LogP contribution in [0.25, 0.3) is 10.2 Å². The fourth-order valence-electron chi connectivity index (χ4n) is 3.83. The maximum Gasteiger partial charge on any atom is 0.222 e. The van der Waals surface area contributed by atoms with Gasteiger partial charge in [0, 0.05) is 26.4 Å². The second kappa shape index (κ2) is 8.10. The molecule has 0 fully saturated rings. The number of fused-ring (bicyclic) bond motifs is 2. The lowest BCUT2D eigenvalue weighted by molar-refractivity contribution is -0.133. The Labute approximate surface area is 168 Å². The topological polar surface area (TPSA) is 62.3 Å². The van der Waals surface area contributed by atoms with Gasteiger partial charge in [0.1, 0.15) is 0 Å². The maximum absolute atomic E-state index is 12.6. The van der Waals surface area contributed by atoms with Gasteiger partial charge in [0.15, 0.2) is 0 Å². The number of para-hydroxylation sites is 1. The van der Waals surface area contributed by atoms with Crippen LogP contribution in [-0.4, -0.2) is 34.8 Å². The third-order valence-corrected chi connectivity index (χ3v) is 6.29. The van der Waals surface area contributed by atoms with Gasteiger partial charge in [-0.1, -0.05) is 36.4 Å². The number of benzene rings is 2. The normalized spacial score (nSPS) is 16.0. The van der Waals surface area contributed by atoms with Crippen LogP contribution in [0.3, 0.4) is 0 Å². The Morgan fingerprint density at radius 3 is 2.79 bits per heavy atom. The number of rotatable bonds is 5. The summed E-state index contributed by atoms with van der Waals surface area (Å²) in [4.78, 5) is 31.1. The van der Waals surface area contributed by atoms with Gasteiger partial charge >= 0.3 is 0 Å². The Morgan fingerprint density at radius 2 is 1.96 bits per heavy atom. The summed E-state index contributed by atoms with van der Waals surface area (Å²) < 4.78 is 1.17. The van der Waals surface area contributed by atoms with Crippen LogP contribution >= 0.6 is 11.3 Å². The van der Waals surface area contributed by atoms with Crippen LogP contribution in [0.4, 0.5) is 0 Å². The van der Waals surface area contributed by atoms with E-state index in [1.165, 1.54) is 10.3 Å². The number of thiazole rings is 1. The molecule has 1 aliphatic heterocycles. The van der Waals surface area contributed by atoms with Crippen LogP contribution in [-0.2, 0) is 22.4 Å². The molecule has 2 heterocycles. The molecule has 2 amide bonds. The third kappa shape index (κ3) is 3.92. The standard InChI is InChI=1S/C22H23N3O2S/c1-15(26)25-13-11-16-6-2-3-7-17(16)19(25)14-21(27)23-12-10-22-24-18-8-4-5-9-20(18)28-22/h2-9,19H,10-14H2,1H3,(H,23,27). The monoisotopic (exact) mass is 393 g/mol. The van der Waals surface area contributed by atoms with Crippen LogP contribution in [0.5, 0.6) is 0 Å². The molecule has 0 saturated carbocycles. The molecule has 1 aliphatic rings. The zero-order valence-electron chi connectivity index (χ0n) is 15.9. The minimum atomic E-state index is -0.190. The average molecular weight is 394 g/mol. The first-order valence-electron chi connectivity index (χ1n) is 9.58. The summed E-state index contributed by atoms with van der Waals surface area (Å²) in [6.45, 7) is 2.79. The smallest absolute Gasteiger partial charge is 0.222 e. The molecule has 3 aromatic rings. The van der Waals surface area contributed by atoms with Crippen molar-refractivity contribution in [3.63, 3.8) is 0 Å². The van der Waals surface area contributed by atoms with Gasteiger partial charge in [-0.05, 0) is 29.7 Å². The summed E-state index contributed by atoms with van der Waals surface area (Å²) in [5.41, 5.74) is 3.32. The summed E-state index contributed by atoms with van der Waals surface area (Å²) in [7, 11) is 0. The molecule has 6 heteroatoms. The summed E-state index contributed by atoms with van der Waals surface area (Å²) in [5.74, 6) is -0.0177. The summed E-state index contributed by atoms with van der Waals surface area (Å²) in [6.07, 6.45) is 1.84. The van der Waals surface area contributed by atoms with E-state index in [9.17, 15) is 9.59 Å². The van der Waals surface area contributed by atoms with E-state index in [0.29, 0.717) is 19.5 Å². The Bertz CT molecular complexity index is 981. The first-order chi connectivity index (χ1) is 13.6. The molecule has 0 radical (unpaired) electrons. The molecule has 4 rings (SSSR count). The molecule has 144 valence electrons. The molecular weight excluding hydrogens is 370 g/mol. The Morgan fingerprint density at radius 1 is 1.18 bits per heavy atom. The zero-order chi connectivity index (χ0) is 19.5. The van der Waals surface area contributed by atoms with Gasteiger partial charge < -0.3 is 10.2 Å². The third-order valence-electron chi connectivity index (χ3n) is 5.19. The maximum atomic E-state index is 12.6. The molecule has 1 atom stereocenters. The van der Waals surface area contributed by atoms with E-state index in [2.05, 4.69) is 22.4 Å². The number of amides is 2. The molecule has 0 aliphatic carbocycles. The number of carbonyl (C=O) groups is 2. The number of hydrogen-bond acceptors (Lipinski definition) is 4. The largest absolute Gasteiger partial charge is 0.356 e. The number of aromatic nitrogens is 1. The van der Waals surface area contributed by atoms with Gasteiger partial charge in [0.25, 0.3) is 0 Å². The van der Waals surface area contributed by atoms with Crippen molar-refractivity contribution in [2.75, 3.05) is 13.1 Å². The number of nitrogens with zero attached hydrogens (tertiary/aromatic N) is 2. The van der Waals surface area contributed by atoms with Gasteiger partial charge in [-0.2, -0.15) is 0 Å². The molecule has 1 unspecified atom stereocenters. The molecule has 1 aromatic heterocycles. The van der Waals surface area contributed by atoms with Crippen molar-refractivity contribution < 1.29 is 9.59 Å². The molecule has 0 spiro atoms. The van der Waals surface area contributed by atoms with Crippen LogP contribution in [0.15, 0.2) is 48.5 Å². The highest BCUT2D eigenvalue weighted by Crippen LogP contribution is 2.32. The molecule has 0 saturated heterocycles. The first kappa shape index (κ1) is 18.6. The second-order valence-corrected chi connectivity index (χ2v) is 8.17. The van der Waals surface area contributed by atoms with Crippen LogP contribution < -0.4 is 5.32 Å². The molecule has 1 N–H and O–H groups in total. The minimum absolute atomic E-state index is 0.0155. The summed E-state index contributed by atoms with van der Waals surface area (Å²) in [5, 5.41) is 4.03. The summed E-state index contributed by atoms with van der Waals surface area (Å²) in [6, 6.07) is 16.0. The van der Waals surface area contributed by atoms with Crippen molar-refractivity contribution in [3.05, 3.63) is 64.7 Å². The molecule has 28 heavy (non-hydrogen) atoms. The first-order valence-corrected chi connectivity index (χ1v) is 10.4. The molecule has 5 nitrogen and oxygen atoms in total. The number of hydrogen-bond donors (Lipinski definition) is 1. The van der Waals surface area contributed by atoms with Gasteiger partial charge in [-0.3, -0.25) is 9.59 Å². The van der Waals surface area contributed by atoms with Crippen molar-refractivity contribution in [2.45, 2.75) is 32.2 Å². The van der Waals surface area contributed by atoms with Crippen LogP contribution in [0, 0.1) is 0 Å². The lowest BCUT2D eigenvalue weighted by atomic mass is 9.90. The quantitative estimate of drug-likeness (QED) is 0.722. The van der Waals surface area contributed by atoms with Crippen LogP contribution in [0.2, 0.25) is 0 Å². The Balaban J connectivity index is 1.38. The van der Waals surface area contributed by atoms with Gasteiger partial charge in [0.2, 0.25) is 11.8 Å². The van der Waals surface area contributed by atoms with E-state index >= 15 is 0 Å². The van der Waals surface area contributed by atoms with Crippen LogP contribution in [0.1, 0.15) is 35.5 Å². The highest BCUT2D eigenvalue weighted by atomic mass is 32.1. The van der Waals surface area contributed by atoms with Crippen molar-refractivity contribution in [3.8, 4) is 0 Å². The fraction of sp³-hybridized carbons (Fsp3) is 0.318. The predicted octanol–water partition coefficient (Wildman–Crippen LogP) is 3.49. The van der Waals surface area contributed by atoms with E-state index in [4.69, 9.17) is 0 Å². The van der Waals surface area contributed by atoms with E-state index in [-0.39, 0.29) is 24.3 Å². The molecule has 2 aromatic carbocycles. The highest BCUT2D eigenvalue weighted by Gasteiger charge is 2.30. The fourth-order valence-corrected chi connectivity index (χ4v) is 4.80. The summed E-state index contributed by atoms with van der Waals surface area (Å²) >= 11 is 1.66.